The molecule has 2 nitrogen and oxygen atoms in total. The van der Waals surface area contributed by atoms with Gasteiger partial charge in [0.05, 0.1) is 6.61 Å². The monoisotopic (exact) mass is 171 g/mol. The van der Waals surface area contributed by atoms with Crippen LogP contribution in [-0.2, 0) is 4.74 Å². The highest BCUT2D eigenvalue weighted by Gasteiger charge is 2.23. The second-order valence-electron chi connectivity index (χ2n) is 4.23. The minimum Gasteiger partial charge on any atom is -0.381 e. The molecule has 0 radical (unpaired) electrons. The number of hydrogen-bond acceptors (Lipinski definition) is 2. The molecule has 1 N–H and O–H groups in total. The van der Waals surface area contributed by atoms with Crippen molar-refractivity contribution in [2.24, 2.45) is 5.92 Å². The molecule has 0 spiro atoms. The van der Waals surface area contributed by atoms with E-state index in [-0.39, 0.29) is 0 Å². The van der Waals surface area contributed by atoms with Gasteiger partial charge >= 0.3 is 0 Å². The van der Waals surface area contributed by atoms with Gasteiger partial charge in [0.25, 0.3) is 0 Å². The van der Waals surface area contributed by atoms with E-state index in [1.807, 2.05) is 0 Å². The molecule has 1 aliphatic heterocycles. The summed E-state index contributed by atoms with van der Waals surface area (Å²) in [5.74, 6) is 0.649. The molecule has 2 heteroatoms. The Kier molecular flexibility index (Phi) is 3.53. The summed E-state index contributed by atoms with van der Waals surface area (Å²) in [6.07, 6.45) is 2.32. The number of rotatable bonds is 1. The van der Waals surface area contributed by atoms with Crippen LogP contribution in [0.5, 0.6) is 0 Å². The topological polar surface area (TPSA) is 21.3 Å². The molecule has 0 aliphatic carbocycles. The molecular formula is C10H21NO. The summed E-state index contributed by atoms with van der Waals surface area (Å²) in [6.45, 7) is 9.65. The van der Waals surface area contributed by atoms with Crippen LogP contribution in [0.4, 0.5) is 0 Å². The maximum Gasteiger partial charge on any atom is 0.0503 e. The molecule has 0 bridgehead atoms. The summed E-state index contributed by atoms with van der Waals surface area (Å²) in [6, 6.07) is 0. The number of hydrogen-bond donors (Lipinski definition) is 1. The maximum absolute atomic E-state index is 5.54. The van der Waals surface area contributed by atoms with Crippen LogP contribution in [0.1, 0.15) is 33.6 Å². The lowest BCUT2D eigenvalue weighted by molar-refractivity contribution is 0.0624. The highest BCUT2D eigenvalue weighted by molar-refractivity contribution is 4.83. The molecule has 0 aromatic rings. The molecule has 0 amide bonds. The highest BCUT2D eigenvalue weighted by atomic mass is 16.5. The van der Waals surface area contributed by atoms with E-state index in [2.05, 4.69) is 26.1 Å². The van der Waals surface area contributed by atoms with Crippen molar-refractivity contribution in [2.75, 3.05) is 19.8 Å². The molecule has 12 heavy (non-hydrogen) atoms. The number of nitrogens with one attached hydrogen (secondary N) is 1. The first-order chi connectivity index (χ1) is 5.66. The van der Waals surface area contributed by atoms with Gasteiger partial charge < -0.3 is 10.1 Å². The average molecular weight is 171 g/mol. The summed E-state index contributed by atoms with van der Waals surface area (Å²) in [7, 11) is 0. The van der Waals surface area contributed by atoms with E-state index in [0.717, 1.165) is 26.2 Å². The minimum absolute atomic E-state index is 0.300. The Morgan fingerprint density at radius 1 is 1.58 bits per heavy atom. The molecule has 0 aromatic heterocycles. The first-order valence-corrected chi connectivity index (χ1v) is 4.99. The largest absolute Gasteiger partial charge is 0.381 e. The van der Waals surface area contributed by atoms with Gasteiger partial charge in [0.15, 0.2) is 0 Å². The molecule has 1 heterocycles. The Morgan fingerprint density at radius 2 is 2.33 bits per heavy atom. The molecule has 1 aliphatic rings. The van der Waals surface area contributed by atoms with Crippen molar-refractivity contribution in [3.63, 3.8) is 0 Å². The van der Waals surface area contributed by atoms with Gasteiger partial charge in [0.2, 0.25) is 0 Å². The lowest BCUT2D eigenvalue weighted by atomic mass is 9.93. The Balaban J connectivity index is 2.43. The first kappa shape index (κ1) is 10.0. The van der Waals surface area contributed by atoms with E-state index in [1.165, 1.54) is 6.42 Å². The number of ether oxygens (including phenoxy) is 1. The molecule has 0 saturated carbocycles. The molecule has 2 unspecified atom stereocenters. The van der Waals surface area contributed by atoms with Crippen LogP contribution >= 0.6 is 0 Å². The van der Waals surface area contributed by atoms with Crippen molar-refractivity contribution in [2.45, 2.75) is 39.2 Å². The van der Waals surface area contributed by atoms with Crippen LogP contribution in [0.15, 0.2) is 0 Å². The van der Waals surface area contributed by atoms with Gasteiger partial charge in [-0.05, 0) is 25.7 Å². The fourth-order valence-corrected chi connectivity index (χ4v) is 1.45. The molecule has 2 atom stereocenters. The third-order valence-corrected chi connectivity index (χ3v) is 2.86. The predicted molar refractivity (Wildman–Crippen MR) is 51.3 cm³/mol. The van der Waals surface area contributed by atoms with Crippen molar-refractivity contribution < 1.29 is 4.74 Å². The van der Waals surface area contributed by atoms with E-state index in [9.17, 15) is 0 Å². The quantitative estimate of drug-likeness (QED) is 0.649. The maximum atomic E-state index is 5.54. The summed E-state index contributed by atoms with van der Waals surface area (Å²) >= 11 is 0. The Morgan fingerprint density at radius 3 is 3.00 bits per heavy atom. The van der Waals surface area contributed by atoms with Gasteiger partial charge in [-0.1, -0.05) is 13.8 Å². The molecule has 72 valence electrons. The summed E-state index contributed by atoms with van der Waals surface area (Å²) in [5, 5.41) is 3.62. The second kappa shape index (κ2) is 4.24. The minimum atomic E-state index is 0.300. The van der Waals surface area contributed by atoms with Crippen LogP contribution in [-0.4, -0.2) is 25.3 Å². The molecular weight excluding hydrogens is 150 g/mol. The van der Waals surface area contributed by atoms with Gasteiger partial charge in [-0.25, -0.2) is 0 Å². The normalized spacial score (nSPS) is 38.8. The SMILES string of the molecule is CCC1(C)CCOCC(C)CN1. The van der Waals surface area contributed by atoms with E-state index in [1.54, 1.807) is 0 Å². The van der Waals surface area contributed by atoms with E-state index in [0.29, 0.717) is 11.5 Å². The van der Waals surface area contributed by atoms with Gasteiger partial charge in [0.1, 0.15) is 0 Å². The predicted octanol–water partition coefficient (Wildman–Crippen LogP) is 1.80. The lowest BCUT2D eigenvalue weighted by Gasteiger charge is -2.33. The van der Waals surface area contributed by atoms with Crippen molar-refractivity contribution in [3.05, 3.63) is 0 Å². The van der Waals surface area contributed by atoms with Crippen LogP contribution in [0.3, 0.4) is 0 Å². The van der Waals surface area contributed by atoms with Crippen molar-refractivity contribution in [3.8, 4) is 0 Å². The molecule has 1 saturated heterocycles. The van der Waals surface area contributed by atoms with Gasteiger partial charge in [-0.15, -0.1) is 0 Å². The summed E-state index contributed by atoms with van der Waals surface area (Å²) < 4.78 is 5.54. The highest BCUT2D eigenvalue weighted by Crippen LogP contribution is 2.17. The first-order valence-electron chi connectivity index (χ1n) is 4.99. The second-order valence-corrected chi connectivity index (χ2v) is 4.23. The average Bonchev–Trinajstić information content (AvgIpc) is 2.07. The molecule has 1 fully saturated rings. The van der Waals surface area contributed by atoms with Crippen LogP contribution < -0.4 is 5.32 Å². The fraction of sp³-hybridized carbons (Fsp3) is 1.00. The third-order valence-electron chi connectivity index (χ3n) is 2.86. The molecule has 1 rings (SSSR count). The lowest BCUT2D eigenvalue weighted by Crippen LogP contribution is -2.46. The zero-order chi connectivity index (χ0) is 9.03. The van der Waals surface area contributed by atoms with Crippen molar-refractivity contribution >= 4 is 0 Å². The van der Waals surface area contributed by atoms with Crippen LogP contribution in [0.25, 0.3) is 0 Å². The van der Waals surface area contributed by atoms with Gasteiger partial charge in [0, 0.05) is 18.7 Å². The van der Waals surface area contributed by atoms with Crippen molar-refractivity contribution in [1.29, 1.82) is 0 Å². The van der Waals surface area contributed by atoms with E-state index in [4.69, 9.17) is 4.74 Å². The smallest absolute Gasteiger partial charge is 0.0503 e. The zero-order valence-electron chi connectivity index (χ0n) is 8.52. The van der Waals surface area contributed by atoms with E-state index >= 15 is 0 Å². The Hall–Kier alpha value is -0.0800. The molecule has 0 aromatic carbocycles. The summed E-state index contributed by atoms with van der Waals surface area (Å²) in [5.41, 5.74) is 0.300. The Labute approximate surface area is 75.7 Å². The third kappa shape index (κ3) is 2.76. The van der Waals surface area contributed by atoms with Crippen LogP contribution in [0.2, 0.25) is 0 Å². The van der Waals surface area contributed by atoms with Crippen molar-refractivity contribution in [1.82, 2.24) is 5.32 Å². The summed E-state index contributed by atoms with van der Waals surface area (Å²) in [4.78, 5) is 0. The van der Waals surface area contributed by atoms with Gasteiger partial charge in [-0.3, -0.25) is 0 Å². The fourth-order valence-electron chi connectivity index (χ4n) is 1.45. The zero-order valence-corrected chi connectivity index (χ0v) is 8.52. The Bertz CT molecular complexity index is 138. The van der Waals surface area contributed by atoms with E-state index < -0.39 is 0 Å². The standard InChI is InChI=1S/C10H21NO/c1-4-10(3)5-6-12-8-9(2)7-11-10/h9,11H,4-8H2,1-3H3. The van der Waals surface area contributed by atoms with Crippen LogP contribution in [0, 0.1) is 5.92 Å². The van der Waals surface area contributed by atoms with Gasteiger partial charge in [-0.2, -0.15) is 0 Å².